The molecule has 0 bridgehead atoms. The van der Waals surface area contributed by atoms with E-state index in [0.29, 0.717) is 5.92 Å². The molecule has 0 saturated carbocycles. The van der Waals surface area contributed by atoms with E-state index in [-0.39, 0.29) is 0 Å². The summed E-state index contributed by atoms with van der Waals surface area (Å²) in [5, 5.41) is 2.43. The van der Waals surface area contributed by atoms with Gasteiger partial charge in [0, 0.05) is 5.56 Å². The van der Waals surface area contributed by atoms with Gasteiger partial charge >= 0.3 is 0 Å². The second-order valence-electron chi connectivity index (χ2n) is 5.24. The molecule has 0 aliphatic rings. The molecule has 0 aromatic heterocycles. The fourth-order valence-electron chi connectivity index (χ4n) is 2.02. The molecule has 0 fully saturated rings. The molecule has 0 aliphatic heterocycles. The Morgan fingerprint density at radius 1 is 1.00 bits per heavy atom. The van der Waals surface area contributed by atoms with Gasteiger partial charge in [0.1, 0.15) is 6.54 Å². The van der Waals surface area contributed by atoms with Crippen LogP contribution in [0.5, 0.6) is 0 Å². The number of hydrogen-bond acceptors (Lipinski definition) is 0. The Bertz CT molecular complexity index is 287. The maximum absolute atomic E-state index is 2.43. The third-order valence-corrected chi connectivity index (χ3v) is 3.29. The monoisotopic (exact) mass is 234 g/mol. The average Bonchev–Trinajstić information content (AvgIpc) is 2.34. The van der Waals surface area contributed by atoms with Crippen molar-refractivity contribution < 1.29 is 5.32 Å². The Labute approximate surface area is 107 Å². The van der Waals surface area contributed by atoms with E-state index in [1.165, 1.54) is 43.4 Å². The minimum absolute atomic E-state index is 0.641. The van der Waals surface area contributed by atoms with Gasteiger partial charge in [0.25, 0.3) is 0 Å². The van der Waals surface area contributed by atoms with E-state index in [4.69, 9.17) is 0 Å². The molecule has 0 saturated heterocycles. The van der Waals surface area contributed by atoms with Gasteiger partial charge in [-0.3, -0.25) is 0 Å². The van der Waals surface area contributed by atoms with Crippen LogP contribution in [-0.2, 0) is 6.54 Å². The van der Waals surface area contributed by atoms with E-state index in [9.17, 15) is 0 Å². The van der Waals surface area contributed by atoms with Gasteiger partial charge in [0.2, 0.25) is 0 Å². The molecule has 0 heterocycles. The van der Waals surface area contributed by atoms with Crippen molar-refractivity contribution in [3.8, 4) is 0 Å². The summed E-state index contributed by atoms with van der Waals surface area (Å²) in [7, 11) is 0. The Balaban J connectivity index is 2.19. The van der Waals surface area contributed by atoms with Gasteiger partial charge in [-0.2, -0.15) is 0 Å². The molecule has 1 heteroatoms. The molecule has 1 aromatic rings. The summed E-state index contributed by atoms with van der Waals surface area (Å²) in [6.07, 6.45) is 5.46. The maximum atomic E-state index is 2.43. The van der Waals surface area contributed by atoms with Gasteiger partial charge in [0.05, 0.1) is 6.54 Å². The third-order valence-electron chi connectivity index (χ3n) is 3.29. The molecule has 17 heavy (non-hydrogen) atoms. The minimum atomic E-state index is 0.641. The number of benzene rings is 1. The smallest absolute Gasteiger partial charge is 0.101 e. The molecular formula is C16H28N+. The molecule has 2 N–H and O–H groups in total. The van der Waals surface area contributed by atoms with Crippen molar-refractivity contribution in [1.82, 2.24) is 0 Å². The fourth-order valence-corrected chi connectivity index (χ4v) is 2.02. The molecule has 0 spiro atoms. The van der Waals surface area contributed by atoms with E-state index in [1.54, 1.807) is 0 Å². The SMILES string of the molecule is CCCCCC[NH2+]Cc1ccc(C(C)C)cc1. The highest BCUT2D eigenvalue weighted by atomic mass is 14.8. The Kier molecular flexibility index (Phi) is 6.95. The van der Waals surface area contributed by atoms with Gasteiger partial charge in [-0.05, 0) is 24.3 Å². The van der Waals surface area contributed by atoms with Crippen LogP contribution in [0.25, 0.3) is 0 Å². The average molecular weight is 234 g/mol. The first kappa shape index (κ1) is 14.2. The zero-order chi connectivity index (χ0) is 12.5. The lowest BCUT2D eigenvalue weighted by molar-refractivity contribution is -0.671. The lowest BCUT2D eigenvalue weighted by Gasteiger charge is -2.06. The lowest BCUT2D eigenvalue weighted by Crippen LogP contribution is -2.82. The lowest BCUT2D eigenvalue weighted by atomic mass is 10.0. The summed E-state index contributed by atoms with van der Waals surface area (Å²) >= 11 is 0. The standard InChI is InChI=1S/C16H27N/c1-4-5-6-7-12-17-13-15-8-10-16(11-9-15)14(2)3/h8-11,14,17H,4-7,12-13H2,1-3H3/p+1. The van der Waals surface area contributed by atoms with E-state index < -0.39 is 0 Å². The second-order valence-corrected chi connectivity index (χ2v) is 5.24. The highest BCUT2D eigenvalue weighted by Gasteiger charge is 2.00. The third kappa shape index (κ3) is 5.88. The summed E-state index contributed by atoms with van der Waals surface area (Å²) in [5.74, 6) is 0.641. The number of unbranched alkanes of at least 4 members (excludes halogenated alkanes) is 3. The molecule has 0 unspecified atom stereocenters. The number of quaternary nitrogens is 1. The van der Waals surface area contributed by atoms with E-state index in [0.717, 1.165) is 6.54 Å². The second kappa shape index (κ2) is 8.30. The Morgan fingerprint density at radius 3 is 2.29 bits per heavy atom. The van der Waals surface area contributed by atoms with Gasteiger partial charge in [0.15, 0.2) is 0 Å². The normalized spacial score (nSPS) is 11.1. The zero-order valence-corrected chi connectivity index (χ0v) is 11.7. The van der Waals surface area contributed by atoms with Gasteiger partial charge < -0.3 is 5.32 Å². The number of hydrogen-bond donors (Lipinski definition) is 1. The fraction of sp³-hybridized carbons (Fsp3) is 0.625. The molecule has 0 amide bonds. The molecule has 0 aliphatic carbocycles. The molecule has 96 valence electrons. The first-order valence-corrected chi connectivity index (χ1v) is 7.14. The van der Waals surface area contributed by atoms with Gasteiger partial charge in [-0.25, -0.2) is 0 Å². The van der Waals surface area contributed by atoms with Crippen LogP contribution in [0.3, 0.4) is 0 Å². The van der Waals surface area contributed by atoms with Gasteiger partial charge in [-0.15, -0.1) is 0 Å². The largest absolute Gasteiger partial charge is 0.343 e. The number of rotatable bonds is 8. The van der Waals surface area contributed by atoms with Crippen molar-refractivity contribution in [3.63, 3.8) is 0 Å². The van der Waals surface area contributed by atoms with Crippen molar-refractivity contribution in [2.45, 2.75) is 58.9 Å². The summed E-state index contributed by atoms with van der Waals surface area (Å²) in [5.41, 5.74) is 2.89. The van der Waals surface area contributed by atoms with Crippen molar-refractivity contribution in [2.24, 2.45) is 0 Å². The van der Waals surface area contributed by atoms with E-state index in [1.807, 2.05) is 0 Å². The zero-order valence-electron chi connectivity index (χ0n) is 11.7. The Morgan fingerprint density at radius 2 is 1.71 bits per heavy atom. The molecule has 0 radical (unpaired) electrons. The van der Waals surface area contributed by atoms with Crippen LogP contribution >= 0.6 is 0 Å². The predicted octanol–water partition coefficient (Wildman–Crippen LogP) is 3.45. The van der Waals surface area contributed by atoms with Crippen LogP contribution < -0.4 is 5.32 Å². The highest BCUT2D eigenvalue weighted by molar-refractivity contribution is 5.23. The molecule has 0 atom stereocenters. The van der Waals surface area contributed by atoms with Crippen molar-refractivity contribution in [1.29, 1.82) is 0 Å². The quantitative estimate of drug-likeness (QED) is 0.663. The predicted molar refractivity (Wildman–Crippen MR) is 75.2 cm³/mol. The molecular weight excluding hydrogens is 206 g/mol. The first-order chi connectivity index (χ1) is 8.24. The molecule has 1 aromatic carbocycles. The van der Waals surface area contributed by atoms with Crippen LogP contribution in [0.15, 0.2) is 24.3 Å². The van der Waals surface area contributed by atoms with Crippen LogP contribution in [0.1, 0.15) is 63.5 Å². The first-order valence-electron chi connectivity index (χ1n) is 7.14. The van der Waals surface area contributed by atoms with Crippen LogP contribution in [0.2, 0.25) is 0 Å². The maximum Gasteiger partial charge on any atom is 0.101 e. The Hall–Kier alpha value is -0.820. The van der Waals surface area contributed by atoms with E-state index >= 15 is 0 Å². The van der Waals surface area contributed by atoms with Crippen molar-refractivity contribution in [2.75, 3.05) is 6.54 Å². The number of nitrogens with two attached hydrogens (primary N) is 1. The van der Waals surface area contributed by atoms with Crippen LogP contribution in [0, 0.1) is 0 Å². The van der Waals surface area contributed by atoms with Crippen LogP contribution in [0.4, 0.5) is 0 Å². The summed E-state index contributed by atoms with van der Waals surface area (Å²) in [6, 6.07) is 9.09. The van der Waals surface area contributed by atoms with Crippen molar-refractivity contribution in [3.05, 3.63) is 35.4 Å². The molecule has 1 rings (SSSR count). The summed E-state index contributed by atoms with van der Waals surface area (Å²) < 4.78 is 0. The van der Waals surface area contributed by atoms with Gasteiger partial charge in [-0.1, -0.05) is 57.9 Å². The summed E-state index contributed by atoms with van der Waals surface area (Å²) in [6.45, 7) is 9.15. The minimum Gasteiger partial charge on any atom is -0.343 e. The summed E-state index contributed by atoms with van der Waals surface area (Å²) in [4.78, 5) is 0. The van der Waals surface area contributed by atoms with Crippen LogP contribution in [-0.4, -0.2) is 6.54 Å². The van der Waals surface area contributed by atoms with E-state index in [2.05, 4.69) is 50.4 Å². The highest BCUT2D eigenvalue weighted by Crippen LogP contribution is 2.14. The topological polar surface area (TPSA) is 16.6 Å². The van der Waals surface area contributed by atoms with Crippen molar-refractivity contribution >= 4 is 0 Å². The molecule has 1 nitrogen and oxygen atoms in total.